The first kappa shape index (κ1) is 25.7. The molecule has 4 aromatic rings. The van der Waals surface area contributed by atoms with E-state index in [9.17, 15) is 9.59 Å². The van der Waals surface area contributed by atoms with Crippen molar-refractivity contribution in [1.82, 2.24) is 14.5 Å². The number of carbonyl (C=O) groups is 2. The predicted octanol–water partition coefficient (Wildman–Crippen LogP) is 5.76. The third-order valence-electron chi connectivity index (χ3n) is 6.50. The highest BCUT2D eigenvalue weighted by atomic mass is 35.5. The molecule has 0 spiro atoms. The second kappa shape index (κ2) is 11.6. The van der Waals surface area contributed by atoms with Gasteiger partial charge >= 0.3 is 0 Å². The number of halogens is 1. The summed E-state index contributed by atoms with van der Waals surface area (Å²) in [4.78, 5) is 33.0. The quantitative estimate of drug-likeness (QED) is 0.315. The van der Waals surface area contributed by atoms with Crippen LogP contribution in [0.3, 0.4) is 0 Å². The van der Waals surface area contributed by atoms with E-state index < -0.39 is 0 Å². The van der Waals surface area contributed by atoms with E-state index in [-0.39, 0.29) is 24.5 Å². The fraction of sp³-hybridized carbons (Fsp3) is 0.233. The lowest BCUT2D eigenvalue weighted by molar-refractivity contribution is -0.117. The Morgan fingerprint density at radius 1 is 1.05 bits per heavy atom. The summed E-state index contributed by atoms with van der Waals surface area (Å²) in [6.45, 7) is 2.88. The lowest BCUT2D eigenvalue weighted by atomic mass is 10.1. The first-order valence-corrected chi connectivity index (χ1v) is 13.0. The van der Waals surface area contributed by atoms with Gasteiger partial charge in [0.1, 0.15) is 6.54 Å². The molecule has 2 heterocycles. The molecule has 0 bridgehead atoms. The van der Waals surface area contributed by atoms with Gasteiger partial charge in [0.05, 0.1) is 11.8 Å². The summed E-state index contributed by atoms with van der Waals surface area (Å²) >= 11 is 6.01. The van der Waals surface area contributed by atoms with Crippen LogP contribution in [0.4, 0.5) is 5.95 Å². The zero-order valence-corrected chi connectivity index (χ0v) is 21.9. The number of carbonyl (C=O) groups excluding carboxylic acids is 2. The van der Waals surface area contributed by atoms with Gasteiger partial charge in [-0.3, -0.25) is 19.5 Å². The van der Waals surface area contributed by atoms with Gasteiger partial charge in [0.2, 0.25) is 11.9 Å². The van der Waals surface area contributed by atoms with Crippen LogP contribution in [0, 0.1) is 6.92 Å². The number of imidazole rings is 1. The predicted molar refractivity (Wildman–Crippen MR) is 149 cm³/mol. The van der Waals surface area contributed by atoms with E-state index in [0.29, 0.717) is 29.7 Å². The first-order valence-electron chi connectivity index (χ1n) is 12.6. The van der Waals surface area contributed by atoms with Gasteiger partial charge < -0.3 is 9.64 Å². The number of hydrogen-bond donors (Lipinski definition) is 1. The molecule has 38 heavy (non-hydrogen) atoms. The molecule has 5 rings (SSSR count). The summed E-state index contributed by atoms with van der Waals surface area (Å²) in [5.41, 5.74) is 4.14. The van der Waals surface area contributed by atoms with E-state index in [4.69, 9.17) is 21.3 Å². The maximum atomic E-state index is 13.4. The van der Waals surface area contributed by atoms with Crippen molar-refractivity contribution in [3.8, 4) is 16.9 Å². The highest BCUT2D eigenvalue weighted by Gasteiger charge is 2.26. The molecule has 3 aromatic carbocycles. The number of benzene rings is 3. The second-order valence-electron chi connectivity index (χ2n) is 9.40. The number of amides is 2. The van der Waals surface area contributed by atoms with E-state index in [1.54, 1.807) is 24.3 Å². The molecule has 7 nitrogen and oxygen atoms in total. The van der Waals surface area contributed by atoms with Crippen molar-refractivity contribution >= 4 is 29.4 Å². The minimum absolute atomic E-state index is 0.0988. The van der Waals surface area contributed by atoms with Gasteiger partial charge in [0.25, 0.3) is 5.91 Å². The third kappa shape index (κ3) is 6.13. The molecule has 0 radical (unpaired) electrons. The monoisotopic (exact) mass is 528 g/mol. The van der Waals surface area contributed by atoms with Crippen molar-refractivity contribution in [1.29, 1.82) is 0 Å². The van der Waals surface area contributed by atoms with E-state index in [1.807, 2.05) is 72.3 Å². The number of hydrogen-bond acceptors (Lipinski definition) is 4. The van der Waals surface area contributed by atoms with Gasteiger partial charge in [-0.25, -0.2) is 4.98 Å². The molecule has 1 N–H and O–H groups in total. The summed E-state index contributed by atoms with van der Waals surface area (Å²) in [6, 6.07) is 24.5. The number of anilines is 1. The molecule has 194 valence electrons. The van der Waals surface area contributed by atoms with E-state index in [0.717, 1.165) is 35.3 Å². The molecule has 1 saturated heterocycles. The minimum atomic E-state index is -0.344. The largest absolute Gasteiger partial charge is 0.376 e. The van der Waals surface area contributed by atoms with Crippen molar-refractivity contribution in [3.05, 3.63) is 101 Å². The van der Waals surface area contributed by atoms with Crippen LogP contribution in [0.1, 0.15) is 28.8 Å². The molecule has 1 aliphatic rings. The Morgan fingerprint density at radius 2 is 1.79 bits per heavy atom. The molecule has 1 unspecified atom stereocenters. The number of rotatable bonds is 8. The maximum Gasteiger partial charge on any atom is 0.254 e. The van der Waals surface area contributed by atoms with E-state index in [1.165, 1.54) is 4.90 Å². The minimum Gasteiger partial charge on any atom is -0.376 e. The normalized spacial score (nSPS) is 14.8. The highest BCUT2D eigenvalue weighted by molar-refractivity contribution is 6.30. The van der Waals surface area contributed by atoms with Crippen molar-refractivity contribution in [2.24, 2.45) is 0 Å². The molecular formula is C30H29ClN4O3. The van der Waals surface area contributed by atoms with Gasteiger partial charge in [-0.15, -0.1) is 0 Å². The van der Waals surface area contributed by atoms with Crippen LogP contribution in [0.25, 0.3) is 16.9 Å². The molecule has 8 heteroatoms. The zero-order chi connectivity index (χ0) is 26.5. The molecular weight excluding hydrogens is 500 g/mol. The smallest absolute Gasteiger partial charge is 0.254 e. The maximum absolute atomic E-state index is 13.4. The first-order chi connectivity index (χ1) is 18.5. The van der Waals surface area contributed by atoms with Gasteiger partial charge in [-0.1, -0.05) is 59.6 Å². The second-order valence-corrected chi connectivity index (χ2v) is 9.83. The Bertz CT molecular complexity index is 1400. The van der Waals surface area contributed by atoms with Crippen LogP contribution < -0.4 is 5.32 Å². The van der Waals surface area contributed by atoms with Crippen molar-refractivity contribution in [2.45, 2.75) is 25.9 Å². The van der Waals surface area contributed by atoms with Crippen molar-refractivity contribution in [2.75, 3.05) is 25.0 Å². The van der Waals surface area contributed by atoms with Gasteiger partial charge in [-0.2, -0.15) is 0 Å². The summed E-state index contributed by atoms with van der Waals surface area (Å²) in [5, 5.41) is 3.49. The topological polar surface area (TPSA) is 76.5 Å². The molecule has 1 fully saturated rings. The third-order valence-corrected chi connectivity index (χ3v) is 6.75. The van der Waals surface area contributed by atoms with Crippen LogP contribution in [-0.2, 0) is 9.53 Å². The molecule has 1 aliphatic heterocycles. The van der Waals surface area contributed by atoms with Crippen LogP contribution in [-0.4, -0.2) is 52.1 Å². The lowest BCUT2D eigenvalue weighted by Crippen LogP contribution is -2.42. The Hall–Kier alpha value is -3.94. The Kier molecular flexibility index (Phi) is 7.86. The number of ether oxygens (including phenoxy) is 1. The van der Waals surface area contributed by atoms with Gasteiger partial charge in [-0.05, 0) is 56.2 Å². The van der Waals surface area contributed by atoms with Crippen LogP contribution in [0.15, 0.2) is 85.1 Å². The van der Waals surface area contributed by atoms with Gasteiger partial charge in [0, 0.05) is 41.2 Å². The number of aryl methyl sites for hydroxylation is 1. The van der Waals surface area contributed by atoms with Crippen LogP contribution >= 0.6 is 11.6 Å². The van der Waals surface area contributed by atoms with E-state index >= 15 is 0 Å². The standard InChI is InChI=1S/C30H29ClN4O3/c1-21-9-15-25(16-10-21)35-19-27(22-6-3-2-4-7-22)32-30(35)33-28(36)20-34(18-26-8-5-17-38-26)29(37)23-11-13-24(31)14-12-23/h2-4,6-7,9-16,19,26H,5,8,17-18,20H2,1H3,(H,32,33,36). The highest BCUT2D eigenvalue weighted by Crippen LogP contribution is 2.25. The number of aromatic nitrogens is 2. The lowest BCUT2D eigenvalue weighted by Gasteiger charge is -2.25. The van der Waals surface area contributed by atoms with E-state index in [2.05, 4.69) is 5.32 Å². The number of nitrogens with zero attached hydrogens (tertiary/aromatic N) is 3. The SMILES string of the molecule is Cc1ccc(-n2cc(-c3ccccc3)nc2NC(=O)CN(CC2CCCO2)C(=O)c2ccc(Cl)cc2)cc1. The molecule has 0 saturated carbocycles. The Balaban J connectivity index is 1.40. The van der Waals surface area contributed by atoms with Crippen molar-refractivity contribution in [3.63, 3.8) is 0 Å². The Morgan fingerprint density at radius 3 is 2.47 bits per heavy atom. The summed E-state index contributed by atoms with van der Waals surface area (Å²) in [7, 11) is 0. The molecule has 1 aromatic heterocycles. The summed E-state index contributed by atoms with van der Waals surface area (Å²) in [6.07, 6.45) is 3.59. The average Bonchev–Trinajstić information content (AvgIpc) is 3.60. The molecule has 1 atom stereocenters. The Labute approximate surface area is 227 Å². The summed E-state index contributed by atoms with van der Waals surface area (Å²) < 4.78 is 7.62. The fourth-order valence-corrected chi connectivity index (χ4v) is 4.61. The average molecular weight is 529 g/mol. The zero-order valence-electron chi connectivity index (χ0n) is 21.1. The fourth-order valence-electron chi connectivity index (χ4n) is 4.48. The molecule has 2 amide bonds. The number of nitrogens with one attached hydrogen (secondary N) is 1. The van der Waals surface area contributed by atoms with Crippen molar-refractivity contribution < 1.29 is 14.3 Å². The van der Waals surface area contributed by atoms with Crippen LogP contribution in [0.5, 0.6) is 0 Å². The van der Waals surface area contributed by atoms with Gasteiger partial charge in [0.15, 0.2) is 0 Å². The van der Waals surface area contributed by atoms with Crippen LogP contribution in [0.2, 0.25) is 5.02 Å². The summed E-state index contributed by atoms with van der Waals surface area (Å²) in [5.74, 6) is -0.211. The molecule has 0 aliphatic carbocycles.